The van der Waals surface area contributed by atoms with Crippen LogP contribution in [0.4, 0.5) is 0 Å². The number of hydrogen-bond donors (Lipinski definition) is 1. The Morgan fingerprint density at radius 2 is 1.70 bits per heavy atom. The van der Waals surface area contributed by atoms with E-state index in [1.165, 1.54) is 0 Å². The Kier molecular flexibility index (Phi) is 12.1. The lowest BCUT2D eigenvalue weighted by Gasteiger charge is -1.92. The Labute approximate surface area is 75.1 Å². The maximum absolute atomic E-state index is 9.00. The molecule has 0 bridgehead atoms. The molecule has 0 amide bonds. The van der Waals surface area contributed by atoms with Gasteiger partial charge in [0.15, 0.2) is 0 Å². The van der Waals surface area contributed by atoms with E-state index in [2.05, 4.69) is 0 Å². The predicted molar refractivity (Wildman–Crippen MR) is 44.4 cm³/mol. The summed E-state index contributed by atoms with van der Waals surface area (Å²) in [6.45, 7) is 1.08. The van der Waals surface area contributed by atoms with Gasteiger partial charge in [0.25, 0.3) is 5.97 Å². The molecule has 0 aromatic rings. The minimum absolute atomic E-state index is 0.0617. The number of alkyl halides is 3. The minimum atomic E-state index is -0.833. The van der Waals surface area contributed by atoms with Crippen LogP contribution in [0.5, 0.6) is 0 Å². The highest BCUT2D eigenvalue weighted by molar-refractivity contribution is 6.32. The molecular weight excluding hydrogens is 198 g/mol. The van der Waals surface area contributed by atoms with Crippen LogP contribution in [0.15, 0.2) is 0 Å². The molecule has 0 saturated heterocycles. The van der Waals surface area contributed by atoms with Gasteiger partial charge in [-0.3, -0.25) is 4.79 Å². The number of rotatable bonds is 2. The molecule has 0 fully saturated rings. The van der Waals surface area contributed by atoms with Crippen LogP contribution in [0.3, 0.4) is 0 Å². The van der Waals surface area contributed by atoms with E-state index in [9.17, 15) is 0 Å². The average Bonchev–Trinajstić information content (AvgIpc) is 1.85. The number of carbonyl (C=O) groups is 1. The number of hydrogen-bond acceptors (Lipinski definition) is 1. The smallest absolute Gasteiger partial charge is 0.300 e. The van der Waals surface area contributed by atoms with Crippen LogP contribution < -0.4 is 0 Å². The first-order valence-electron chi connectivity index (χ1n) is 2.50. The zero-order valence-corrected chi connectivity index (χ0v) is 7.75. The van der Waals surface area contributed by atoms with Crippen LogP contribution in [-0.4, -0.2) is 28.2 Å². The molecule has 0 radical (unpaired) electrons. The van der Waals surface area contributed by atoms with Gasteiger partial charge in [0.1, 0.15) is 0 Å². The molecule has 0 aliphatic carbocycles. The molecule has 10 heavy (non-hydrogen) atoms. The first-order chi connectivity index (χ1) is 4.54. The molecule has 0 saturated carbocycles. The van der Waals surface area contributed by atoms with Gasteiger partial charge in [-0.25, -0.2) is 0 Å². The third-order valence-corrected chi connectivity index (χ3v) is 1.70. The fourth-order valence-corrected chi connectivity index (χ4v) is 0.371. The van der Waals surface area contributed by atoms with Crippen LogP contribution >= 0.6 is 34.8 Å². The monoisotopic (exact) mass is 206 g/mol. The Balaban J connectivity index is 0. The van der Waals surface area contributed by atoms with Gasteiger partial charge in [-0.15, -0.1) is 34.8 Å². The maximum atomic E-state index is 9.00. The minimum Gasteiger partial charge on any atom is -0.481 e. The van der Waals surface area contributed by atoms with Crippen molar-refractivity contribution in [2.75, 3.05) is 11.8 Å². The summed E-state index contributed by atoms with van der Waals surface area (Å²) in [6.07, 6.45) is 0. The first-order valence-corrected chi connectivity index (χ1v) is 4.00. The molecule has 5 heteroatoms. The number of carboxylic acid groups (broad SMARTS) is 1. The zero-order valence-electron chi connectivity index (χ0n) is 5.48. The van der Waals surface area contributed by atoms with Crippen molar-refractivity contribution in [1.29, 1.82) is 0 Å². The third kappa shape index (κ3) is 23.9. The Hall–Kier alpha value is 0.340. The molecule has 1 N–H and O–H groups in total. The summed E-state index contributed by atoms with van der Waals surface area (Å²) in [6, 6.07) is 0. The van der Waals surface area contributed by atoms with Gasteiger partial charge < -0.3 is 5.11 Å². The molecule has 0 atom stereocenters. The molecule has 0 aliphatic rings. The van der Waals surface area contributed by atoms with Crippen molar-refractivity contribution in [2.45, 2.75) is 12.3 Å². The van der Waals surface area contributed by atoms with E-state index >= 15 is 0 Å². The molecule has 0 rings (SSSR count). The van der Waals surface area contributed by atoms with Gasteiger partial charge in [0.05, 0.1) is 5.38 Å². The molecule has 0 heterocycles. The van der Waals surface area contributed by atoms with Crippen molar-refractivity contribution in [2.24, 2.45) is 0 Å². The molecule has 0 aromatic carbocycles. The van der Waals surface area contributed by atoms with Crippen molar-refractivity contribution < 1.29 is 9.90 Å². The van der Waals surface area contributed by atoms with Gasteiger partial charge in [-0.1, -0.05) is 0 Å². The third-order valence-electron chi connectivity index (χ3n) is 0.335. The summed E-state index contributed by atoms with van der Waals surface area (Å²) < 4.78 is 0. The fraction of sp³-hybridized carbons (Fsp3) is 0.800. The highest BCUT2D eigenvalue weighted by Gasteiger charge is 1.95. The van der Waals surface area contributed by atoms with E-state index in [1.807, 2.05) is 0 Å². The van der Waals surface area contributed by atoms with Crippen LogP contribution in [0.2, 0.25) is 0 Å². The van der Waals surface area contributed by atoms with E-state index in [0.29, 0.717) is 11.8 Å². The van der Waals surface area contributed by atoms with Gasteiger partial charge >= 0.3 is 0 Å². The van der Waals surface area contributed by atoms with Crippen LogP contribution in [0.25, 0.3) is 0 Å². The molecule has 0 aliphatic heterocycles. The fourth-order valence-electron chi connectivity index (χ4n) is 0.0412. The second-order valence-electron chi connectivity index (χ2n) is 1.42. The lowest BCUT2D eigenvalue weighted by atomic mass is 10.6. The quantitative estimate of drug-likeness (QED) is 0.705. The summed E-state index contributed by atoms with van der Waals surface area (Å²) in [5.41, 5.74) is 0. The van der Waals surface area contributed by atoms with Crippen LogP contribution in [0.1, 0.15) is 6.92 Å². The highest BCUT2D eigenvalue weighted by atomic mass is 35.5. The van der Waals surface area contributed by atoms with Crippen LogP contribution in [-0.2, 0) is 4.79 Å². The summed E-state index contributed by atoms with van der Waals surface area (Å²) >= 11 is 15.9. The molecule has 0 unspecified atom stereocenters. The van der Waals surface area contributed by atoms with E-state index in [0.717, 1.165) is 6.92 Å². The normalized spacial score (nSPS) is 8.50. The Bertz CT molecular complexity index is 79.0. The highest BCUT2D eigenvalue weighted by Crippen LogP contribution is 1.99. The van der Waals surface area contributed by atoms with Crippen molar-refractivity contribution in [3.8, 4) is 0 Å². The largest absolute Gasteiger partial charge is 0.481 e. The lowest BCUT2D eigenvalue weighted by molar-refractivity contribution is -0.134. The standard InChI is InChI=1S/C3H5Cl3.C2H4O2/c4-1-3(6)2-5;1-2(3)4/h3H,1-2H2;1H3,(H,3,4). The van der Waals surface area contributed by atoms with E-state index < -0.39 is 5.97 Å². The number of aliphatic carboxylic acids is 1. The summed E-state index contributed by atoms with van der Waals surface area (Å²) in [5.74, 6) is 0.0378. The molecule has 62 valence electrons. The van der Waals surface area contributed by atoms with Gasteiger partial charge in [-0.05, 0) is 0 Å². The molecule has 2 nitrogen and oxygen atoms in total. The van der Waals surface area contributed by atoms with Crippen molar-refractivity contribution in [3.05, 3.63) is 0 Å². The maximum Gasteiger partial charge on any atom is 0.300 e. The van der Waals surface area contributed by atoms with Crippen LogP contribution in [0, 0.1) is 0 Å². The lowest BCUT2D eigenvalue weighted by Crippen LogP contribution is -1.99. The summed E-state index contributed by atoms with van der Waals surface area (Å²) in [5, 5.41) is 7.35. The molecule has 0 aromatic heterocycles. The Morgan fingerprint density at radius 1 is 1.50 bits per heavy atom. The van der Waals surface area contributed by atoms with Gasteiger partial charge in [0.2, 0.25) is 0 Å². The predicted octanol–water partition coefficient (Wildman–Crippen LogP) is 2.16. The van der Waals surface area contributed by atoms with Gasteiger partial charge in [0, 0.05) is 18.7 Å². The SMILES string of the molecule is CC(=O)O.ClCC(Cl)CCl. The number of halogens is 3. The van der Waals surface area contributed by atoms with Crippen molar-refractivity contribution in [3.63, 3.8) is 0 Å². The second-order valence-corrected chi connectivity index (χ2v) is 2.66. The van der Waals surface area contributed by atoms with Crippen molar-refractivity contribution >= 4 is 40.8 Å². The Morgan fingerprint density at radius 3 is 1.70 bits per heavy atom. The van der Waals surface area contributed by atoms with E-state index in [1.54, 1.807) is 0 Å². The first kappa shape index (κ1) is 13.0. The van der Waals surface area contributed by atoms with E-state index in [-0.39, 0.29) is 5.38 Å². The number of carboxylic acids is 1. The average molecular weight is 207 g/mol. The van der Waals surface area contributed by atoms with Crippen molar-refractivity contribution in [1.82, 2.24) is 0 Å². The van der Waals surface area contributed by atoms with Gasteiger partial charge in [-0.2, -0.15) is 0 Å². The zero-order chi connectivity index (χ0) is 8.57. The topological polar surface area (TPSA) is 37.3 Å². The summed E-state index contributed by atoms with van der Waals surface area (Å²) in [4.78, 5) is 9.00. The van der Waals surface area contributed by atoms with E-state index in [4.69, 9.17) is 44.7 Å². The second kappa shape index (κ2) is 9.34. The molecule has 0 spiro atoms. The summed E-state index contributed by atoms with van der Waals surface area (Å²) in [7, 11) is 0. The molecular formula is C5H9Cl3O2.